The van der Waals surface area contributed by atoms with Crippen molar-refractivity contribution in [2.45, 2.75) is 19.3 Å². The molecule has 3 rings (SSSR count). The summed E-state index contributed by atoms with van der Waals surface area (Å²) in [4.78, 5) is 0. The first-order valence-electron chi connectivity index (χ1n) is 8.71. The van der Waals surface area contributed by atoms with Crippen molar-refractivity contribution in [3.63, 3.8) is 0 Å². The molecule has 2 aromatic carbocycles. The summed E-state index contributed by atoms with van der Waals surface area (Å²) in [5, 5.41) is 1.28. The van der Waals surface area contributed by atoms with Crippen LogP contribution in [0.2, 0.25) is 0 Å². The minimum Gasteiger partial charge on any atom is -0.493 e. The van der Waals surface area contributed by atoms with Crippen molar-refractivity contribution >= 4 is 10.9 Å². The van der Waals surface area contributed by atoms with Crippen LogP contribution in [0, 0.1) is 0 Å². The number of aromatic nitrogens is 1. The molecule has 1 heterocycles. The Morgan fingerprint density at radius 2 is 1.92 bits per heavy atom. The molecule has 2 N–H and O–H groups in total. The van der Waals surface area contributed by atoms with E-state index in [1.165, 1.54) is 22.0 Å². The summed E-state index contributed by atoms with van der Waals surface area (Å²) in [7, 11) is 3.76. The highest BCUT2D eigenvalue weighted by Crippen LogP contribution is 2.32. The molecule has 132 valence electrons. The topological polar surface area (TPSA) is 49.4 Å². The second kappa shape index (κ2) is 7.62. The fourth-order valence-corrected chi connectivity index (χ4v) is 3.42. The zero-order chi connectivity index (χ0) is 17.8. The number of aryl methyl sites for hydroxylation is 1. The lowest BCUT2D eigenvalue weighted by molar-refractivity contribution is 0.310. The van der Waals surface area contributed by atoms with Gasteiger partial charge in [-0.2, -0.15) is 0 Å². The molecule has 1 unspecified atom stereocenters. The highest BCUT2D eigenvalue weighted by Gasteiger charge is 2.17. The van der Waals surface area contributed by atoms with Crippen LogP contribution in [0.15, 0.2) is 48.7 Å². The van der Waals surface area contributed by atoms with Gasteiger partial charge < -0.3 is 19.8 Å². The molecule has 0 saturated carbocycles. The lowest BCUT2D eigenvalue weighted by Gasteiger charge is -2.16. The van der Waals surface area contributed by atoms with E-state index in [1.807, 2.05) is 13.0 Å². The first kappa shape index (κ1) is 17.4. The third-order valence-electron chi connectivity index (χ3n) is 4.66. The summed E-state index contributed by atoms with van der Waals surface area (Å²) in [5.74, 6) is 1.81. The molecule has 4 heteroatoms. The SMILES string of the molecule is CCOc1ccc(CC(CN)c2cn(C)c3ccccc23)cc1OC. The van der Waals surface area contributed by atoms with Crippen LogP contribution in [0.25, 0.3) is 10.9 Å². The van der Waals surface area contributed by atoms with E-state index in [-0.39, 0.29) is 5.92 Å². The fraction of sp³-hybridized carbons (Fsp3) is 0.333. The van der Waals surface area contributed by atoms with Crippen molar-refractivity contribution in [1.82, 2.24) is 4.57 Å². The molecule has 0 aliphatic heterocycles. The normalized spacial score (nSPS) is 12.3. The van der Waals surface area contributed by atoms with Crippen LogP contribution < -0.4 is 15.2 Å². The fourth-order valence-electron chi connectivity index (χ4n) is 3.42. The van der Waals surface area contributed by atoms with E-state index in [0.29, 0.717) is 13.2 Å². The molecule has 0 radical (unpaired) electrons. The predicted octanol–water partition coefficient (Wildman–Crippen LogP) is 3.87. The zero-order valence-electron chi connectivity index (χ0n) is 15.2. The number of para-hydroxylation sites is 1. The monoisotopic (exact) mass is 338 g/mol. The van der Waals surface area contributed by atoms with Gasteiger partial charge in [0.25, 0.3) is 0 Å². The number of nitrogens with zero attached hydrogens (tertiary/aromatic N) is 1. The number of hydrogen-bond donors (Lipinski definition) is 1. The number of benzene rings is 2. The summed E-state index contributed by atoms with van der Waals surface area (Å²) in [6.45, 7) is 3.19. The number of rotatable bonds is 7. The third-order valence-corrected chi connectivity index (χ3v) is 4.66. The van der Waals surface area contributed by atoms with Crippen molar-refractivity contribution in [2.24, 2.45) is 12.8 Å². The Balaban J connectivity index is 1.92. The van der Waals surface area contributed by atoms with Crippen LogP contribution in [0.5, 0.6) is 11.5 Å². The van der Waals surface area contributed by atoms with Gasteiger partial charge in [0.2, 0.25) is 0 Å². The van der Waals surface area contributed by atoms with E-state index in [1.54, 1.807) is 7.11 Å². The molecule has 3 aromatic rings. The Morgan fingerprint density at radius 1 is 1.12 bits per heavy atom. The lowest BCUT2D eigenvalue weighted by Crippen LogP contribution is -2.15. The summed E-state index contributed by atoms with van der Waals surface area (Å²) in [6, 6.07) is 14.6. The molecule has 4 nitrogen and oxygen atoms in total. The van der Waals surface area contributed by atoms with Crippen molar-refractivity contribution in [3.8, 4) is 11.5 Å². The quantitative estimate of drug-likeness (QED) is 0.711. The van der Waals surface area contributed by atoms with Gasteiger partial charge in [0.05, 0.1) is 13.7 Å². The minimum atomic E-state index is 0.258. The summed E-state index contributed by atoms with van der Waals surface area (Å²) in [5.41, 5.74) is 9.87. The van der Waals surface area contributed by atoms with E-state index in [9.17, 15) is 0 Å². The Morgan fingerprint density at radius 3 is 2.64 bits per heavy atom. The first-order valence-corrected chi connectivity index (χ1v) is 8.71. The van der Waals surface area contributed by atoms with Gasteiger partial charge in [0.1, 0.15) is 0 Å². The molecule has 0 saturated heterocycles. The maximum atomic E-state index is 6.14. The molecular formula is C21H26N2O2. The lowest BCUT2D eigenvalue weighted by atomic mass is 9.91. The molecule has 0 bridgehead atoms. The van der Waals surface area contributed by atoms with E-state index in [4.69, 9.17) is 15.2 Å². The van der Waals surface area contributed by atoms with Crippen LogP contribution in [-0.2, 0) is 13.5 Å². The smallest absolute Gasteiger partial charge is 0.161 e. The van der Waals surface area contributed by atoms with Crippen molar-refractivity contribution in [3.05, 3.63) is 59.8 Å². The largest absolute Gasteiger partial charge is 0.493 e. The van der Waals surface area contributed by atoms with E-state index in [2.05, 4.69) is 54.2 Å². The van der Waals surface area contributed by atoms with Gasteiger partial charge in [0, 0.05) is 30.1 Å². The van der Waals surface area contributed by atoms with Crippen LogP contribution >= 0.6 is 0 Å². The number of ether oxygens (including phenoxy) is 2. The second-order valence-electron chi connectivity index (χ2n) is 6.27. The Labute approximate surface area is 149 Å². The zero-order valence-corrected chi connectivity index (χ0v) is 15.2. The Bertz CT molecular complexity index is 854. The molecule has 0 spiro atoms. The highest BCUT2D eigenvalue weighted by molar-refractivity contribution is 5.84. The van der Waals surface area contributed by atoms with Crippen LogP contribution in [0.3, 0.4) is 0 Å². The predicted molar refractivity (Wildman–Crippen MR) is 103 cm³/mol. The number of fused-ring (bicyclic) bond motifs is 1. The van der Waals surface area contributed by atoms with Crippen molar-refractivity contribution in [1.29, 1.82) is 0 Å². The first-order chi connectivity index (χ1) is 12.2. The molecule has 0 fully saturated rings. The Kier molecular flexibility index (Phi) is 5.29. The summed E-state index contributed by atoms with van der Waals surface area (Å²) >= 11 is 0. The molecule has 1 atom stereocenters. The molecule has 0 aliphatic rings. The molecule has 0 aliphatic carbocycles. The van der Waals surface area contributed by atoms with Gasteiger partial charge in [-0.15, -0.1) is 0 Å². The van der Waals surface area contributed by atoms with Gasteiger partial charge in [-0.1, -0.05) is 24.3 Å². The number of methoxy groups -OCH3 is 1. The highest BCUT2D eigenvalue weighted by atomic mass is 16.5. The third kappa shape index (κ3) is 3.49. The average molecular weight is 338 g/mol. The molecule has 0 amide bonds. The van der Waals surface area contributed by atoms with Gasteiger partial charge in [-0.3, -0.25) is 0 Å². The van der Waals surface area contributed by atoms with Gasteiger partial charge in [-0.05, 0) is 49.2 Å². The maximum Gasteiger partial charge on any atom is 0.161 e. The molecular weight excluding hydrogens is 312 g/mol. The Hall–Kier alpha value is -2.46. The van der Waals surface area contributed by atoms with Gasteiger partial charge in [-0.25, -0.2) is 0 Å². The molecule has 25 heavy (non-hydrogen) atoms. The van der Waals surface area contributed by atoms with E-state index >= 15 is 0 Å². The number of nitrogens with two attached hydrogens (primary N) is 1. The molecule has 1 aromatic heterocycles. The average Bonchev–Trinajstić information content (AvgIpc) is 2.98. The second-order valence-corrected chi connectivity index (χ2v) is 6.27. The minimum absolute atomic E-state index is 0.258. The van der Waals surface area contributed by atoms with Gasteiger partial charge >= 0.3 is 0 Å². The van der Waals surface area contributed by atoms with E-state index < -0.39 is 0 Å². The van der Waals surface area contributed by atoms with Crippen molar-refractivity contribution < 1.29 is 9.47 Å². The van der Waals surface area contributed by atoms with Crippen LogP contribution in [0.4, 0.5) is 0 Å². The maximum absolute atomic E-state index is 6.14. The van der Waals surface area contributed by atoms with Crippen molar-refractivity contribution in [2.75, 3.05) is 20.3 Å². The summed E-state index contributed by atoms with van der Waals surface area (Å²) < 4.78 is 13.3. The van der Waals surface area contributed by atoms with Crippen LogP contribution in [0.1, 0.15) is 24.0 Å². The van der Waals surface area contributed by atoms with Crippen LogP contribution in [-0.4, -0.2) is 24.8 Å². The van der Waals surface area contributed by atoms with Gasteiger partial charge in [0.15, 0.2) is 11.5 Å². The summed E-state index contributed by atoms with van der Waals surface area (Å²) in [6.07, 6.45) is 3.07. The number of hydrogen-bond acceptors (Lipinski definition) is 3. The van der Waals surface area contributed by atoms with E-state index in [0.717, 1.165) is 17.9 Å². The standard InChI is InChI=1S/C21H26N2O2/c1-4-25-20-10-9-15(12-21(20)24-3)11-16(13-22)18-14-23(2)19-8-6-5-7-17(18)19/h5-10,12,14,16H,4,11,13,22H2,1-3H3.